The van der Waals surface area contributed by atoms with E-state index in [1.807, 2.05) is 5.38 Å². The molecule has 0 spiro atoms. The zero-order valence-electron chi connectivity index (χ0n) is 25.4. The highest BCUT2D eigenvalue weighted by atomic mass is 32.1. The van der Waals surface area contributed by atoms with Crippen molar-refractivity contribution in [2.24, 2.45) is 0 Å². The average molecular weight is 603 g/mol. The van der Waals surface area contributed by atoms with Crippen LogP contribution in [0.25, 0.3) is 21.5 Å². The molecule has 0 saturated heterocycles. The number of hydrogen-bond donors (Lipinski definition) is 7. The van der Waals surface area contributed by atoms with Crippen molar-refractivity contribution in [1.29, 1.82) is 0 Å². The Labute approximate surface area is 262 Å². The van der Waals surface area contributed by atoms with Crippen molar-refractivity contribution >= 4 is 72.1 Å². The Hall–Kier alpha value is -5.15. The van der Waals surface area contributed by atoms with Gasteiger partial charge in [0.15, 0.2) is 0 Å². The van der Waals surface area contributed by atoms with Gasteiger partial charge in [-0.15, -0.1) is 11.3 Å². The van der Waals surface area contributed by atoms with E-state index in [-0.39, 0.29) is 0 Å². The molecule has 0 fully saturated rings. The molecule has 8 nitrogen and oxygen atoms in total. The molecular weight excluding hydrogens is 565 g/mol. The van der Waals surface area contributed by atoms with E-state index in [1.165, 1.54) is 5.39 Å². The highest BCUT2D eigenvalue weighted by Gasteiger charge is 2.11. The fourth-order valence-electron chi connectivity index (χ4n) is 5.18. The van der Waals surface area contributed by atoms with E-state index in [0.29, 0.717) is 6.04 Å². The lowest BCUT2D eigenvalue weighted by Gasteiger charge is -2.20. The van der Waals surface area contributed by atoms with Crippen LogP contribution in [0.3, 0.4) is 0 Å². The third-order valence-corrected chi connectivity index (χ3v) is 8.52. The maximum atomic E-state index is 4.26. The lowest BCUT2D eigenvalue weighted by atomic mass is 10.1. The quantitative estimate of drug-likeness (QED) is 0.0696. The summed E-state index contributed by atoms with van der Waals surface area (Å²) in [5.74, 6) is 0. The minimum absolute atomic E-state index is 0.407. The first-order chi connectivity index (χ1) is 21.5. The molecule has 0 amide bonds. The Morgan fingerprint density at radius 1 is 0.591 bits per heavy atom. The Bertz CT molecular complexity index is 1890. The predicted octanol–water partition coefficient (Wildman–Crippen LogP) is 9.59. The average Bonchev–Trinajstić information content (AvgIpc) is 3.58. The first-order valence-corrected chi connectivity index (χ1v) is 15.7. The number of benzene rings is 5. The van der Waals surface area contributed by atoms with E-state index >= 15 is 0 Å². The summed E-state index contributed by atoms with van der Waals surface area (Å²) in [6, 6.07) is 30.0. The van der Waals surface area contributed by atoms with Gasteiger partial charge in [-0.2, -0.15) is 0 Å². The minimum Gasteiger partial charge on any atom is -0.382 e. The Morgan fingerprint density at radius 3 is 1.48 bits per heavy atom. The lowest BCUT2D eigenvalue weighted by Crippen LogP contribution is -2.14. The third-order valence-electron chi connectivity index (χ3n) is 7.83. The summed E-state index contributed by atoms with van der Waals surface area (Å²) in [7, 11) is 0. The van der Waals surface area contributed by atoms with Crippen LogP contribution in [-0.4, -0.2) is 11.0 Å². The maximum Gasteiger partial charge on any atom is 0.201 e. The van der Waals surface area contributed by atoms with Crippen LogP contribution in [0.15, 0.2) is 96.5 Å². The molecule has 44 heavy (non-hydrogen) atoms. The molecule has 6 rings (SSSR count). The van der Waals surface area contributed by atoms with Crippen LogP contribution in [0.4, 0.5) is 39.3 Å². The van der Waals surface area contributed by atoms with E-state index in [9.17, 15) is 0 Å². The molecule has 9 heteroatoms. The number of anilines is 7. The molecule has 0 saturated carbocycles. The zero-order chi connectivity index (χ0) is 30.5. The fraction of sp³-hybridized carbons (Fsp3) is 0.171. The number of fused-ring (bicyclic) bond motifs is 2. The van der Waals surface area contributed by atoms with Gasteiger partial charge in [-0.1, -0.05) is 55.5 Å². The molecule has 1 atom stereocenters. The molecule has 1 unspecified atom stereocenters. The topological polar surface area (TPSA) is 97.1 Å². The number of aryl methyl sites for hydroxylation is 2. The van der Waals surface area contributed by atoms with Gasteiger partial charge in [-0.25, -0.2) is 4.98 Å². The third kappa shape index (κ3) is 6.28. The molecule has 0 radical (unpaired) electrons. The zero-order valence-corrected chi connectivity index (χ0v) is 26.2. The molecule has 6 aromatic rings. The van der Waals surface area contributed by atoms with E-state index in [0.717, 1.165) is 73.0 Å². The molecule has 1 heterocycles. The first kappa shape index (κ1) is 28.9. The van der Waals surface area contributed by atoms with Crippen LogP contribution in [0.1, 0.15) is 31.4 Å². The van der Waals surface area contributed by atoms with Gasteiger partial charge >= 0.3 is 0 Å². The van der Waals surface area contributed by atoms with Crippen molar-refractivity contribution in [2.45, 2.75) is 40.2 Å². The van der Waals surface area contributed by atoms with Crippen LogP contribution in [0, 0.1) is 13.8 Å². The van der Waals surface area contributed by atoms with Gasteiger partial charge in [-0.05, 0) is 74.7 Å². The number of rotatable bonds is 12. The van der Waals surface area contributed by atoms with Crippen molar-refractivity contribution in [2.75, 3.05) is 37.9 Å². The first-order valence-electron chi connectivity index (χ1n) is 14.9. The molecule has 224 valence electrons. The molecule has 7 N–H and O–H groups in total. The highest BCUT2D eigenvalue weighted by molar-refractivity contribution is 7.13. The monoisotopic (exact) mass is 602 g/mol. The van der Waals surface area contributed by atoms with Gasteiger partial charge in [0.05, 0.1) is 28.4 Å². The van der Waals surface area contributed by atoms with Crippen molar-refractivity contribution in [1.82, 2.24) is 4.98 Å². The summed E-state index contributed by atoms with van der Waals surface area (Å²) >= 11 is 1.55. The maximum absolute atomic E-state index is 4.26. The summed E-state index contributed by atoms with van der Waals surface area (Å²) in [4.78, 5) is 4.26. The Kier molecular flexibility index (Phi) is 8.56. The fourth-order valence-corrected chi connectivity index (χ4v) is 5.66. The van der Waals surface area contributed by atoms with Crippen molar-refractivity contribution in [3.63, 3.8) is 0 Å². The van der Waals surface area contributed by atoms with Crippen LogP contribution in [0.2, 0.25) is 0 Å². The summed E-state index contributed by atoms with van der Waals surface area (Å²) in [5.41, 5.74) is 28.6. The summed E-state index contributed by atoms with van der Waals surface area (Å²) in [6.45, 7) is 8.58. The van der Waals surface area contributed by atoms with E-state index in [2.05, 4.69) is 155 Å². The van der Waals surface area contributed by atoms with Gasteiger partial charge in [0.2, 0.25) is 5.13 Å². The molecule has 0 aliphatic rings. The second kappa shape index (κ2) is 13.0. The molecular formula is C35H38N8S. The Morgan fingerprint density at radius 2 is 1.02 bits per heavy atom. The molecule has 1 aromatic heterocycles. The second-order valence-corrected chi connectivity index (χ2v) is 11.8. The second-order valence-electron chi connectivity index (χ2n) is 10.9. The van der Waals surface area contributed by atoms with Gasteiger partial charge in [0, 0.05) is 44.9 Å². The predicted molar refractivity (Wildman–Crippen MR) is 191 cm³/mol. The van der Waals surface area contributed by atoms with Crippen LogP contribution in [-0.2, 0) is 0 Å². The van der Waals surface area contributed by atoms with E-state index in [4.69, 9.17) is 0 Å². The van der Waals surface area contributed by atoms with Crippen molar-refractivity contribution < 1.29 is 0 Å². The molecule has 0 bridgehead atoms. The number of thiazole rings is 1. The van der Waals surface area contributed by atoms with Crippen LogP contribution < -0.4 is 37.9 Å². The number of aromatic nitrogens is 1. The van der Waals surface area contributed by atoms with Crippen LogP contribution >= 0.6 is 11.3 Å². The van der Waals surface area contributed by atoms with Gasteiger partial charge < -0.3 is 27.0 Å². The molecule has 5 aromatic carbocycles. The number of hydrogen-bond acceptors (Lipinski definition) is 9. The van der Waals surface area contributed by atoms with E-state index < -0.39 is 0 Å². The number of hydrazine groups is 3. The van der Waals surface area contributed by atoms with Gasteiger partial charge in [0.1, 0.15) is 0 Å². The normalized spacial score (nSPS) is 11.6. The molecule has 0 aliphatic carbocycles. The van der Waals surface area contributed by atoms with E-state index in [1.54, 1.807) is 17.5 Å². The van der Waals surface area contributed by atoms with Gasteiger partial charge in [0.25, 0.3) is 0 Å². The number of nitrogens with one attached hydrogen (secondary N) is 7. The molecule has 0 aliphatic heterocycles. The summed E-state index contributed by atoms with van der Waals surface area (Å²) in [5, 5.41) is 11.0. The lowest BCUT2D eigenvalue weighted by molar-refractivity contribution is 0.765. The smallest absolute Gasteiger partial charge is 0.201 e. The van der Waals surface area contributed by atoms with Crippen molar-refractivity contribution in [3.8, 4) is 0 Å². The Balaban J connectivity index is 1.18. The van der Waals surface area contributed by atoms with Crippen molar-refractivity contribution in [3.05, 3.63) is 108 Å². The minimum atomic E-state index is 0.407. The SMILES string of the molecule is CCC(C)Nc1ccc(NNc2ccc(NNc3cc(C)c(NNc4nccs4)cc3C)c3ccccc23)c2ccccc12. The van der Waals surface area contributed by atoms with Gasteiger partial charge in [-0.3, -0.25) is 10.9 Å². The summed E-state index contributed by atoms with van der Waals surface area (Å²) in [6.07, 6.45) is 2.85. The standard InChI is InChI=1S/C35H38N8S/c1-5-24(4)37-29-14-15-30(26-11-7-6-10-25(26)29)38-39-31-16-17-32(28-13-9-8-12-27(28)31)40-41-33-20-23(3)34(21-22(33)2)42-43-35-36-18-19-44-35/h6-21,24,37-42H,5H2,1-4H3,(H,36,43). The highest BCUT2D eigenvalue weighted by Crippen LogP contribution is 2.34. The summed E-state index contributed by atoms with van der Waals surface area (Å²) < 4.78 is 0. The number of nitrogens with zero attached hydrogens (tertiary/aromatic N) is 1. The van der Waals surface area contributed by atoms with Crippen LogP contribution in [0.5, 0.6) is 0 Å². The largest absolute Gasteiger partial charge is 0.382 e.